The van der Waals surface area contributed by atoms with Gasteiger partial charge >= 0.3 is 13.2 Å². The van der Waals surface area contributed by atoms with Crippen LogP contribution in [-0.4, -0.2) is 42.2 Å². The summed E-state index contributed by atoms with van der Waals surface area (Å²) in [4.78, 5) is 12.0. The number of hydrogen-bond acceptors (Lipinski definition) is 5. The third-order valence-corrected chi connectivity index (χ3v) is 5.24. The van der Waals surface area contributed by atoms with E-state index >= 15 is 0 Å². The molecule has 1 fully saturated rings. The third-order valence-electron chi connectivity index (χ3n) is 5.24. The molecular formula is C22H36BNO5. The molecule has 0 radical (unpaired) electrons. The largest absolute Gasteiger partial charge is 0.494 e. The van der Waals surface area contributed by atoms with Crippen molar-refractivity contribution in [3.05, 3.63) is 24.3 Å². The number of carbonyl (C=O) groups is 1. The van der Waals surface area contributed by atoms with E-state index in [4.69, 9.17) is 18.8 Å². The molecule has 7 heteroatoms. The van der Waals surface area contributed by atoms with E-state index in [0.717, 1.165) is 11.2 Å². The molecule has 1 aromatic carbocycles. The molecule has 1 aliphatic rings. The summed E-state index contributed by atoms with van der Waals surface area (Å²) >= 11 is 0. The smallest absolute Gasteiger partial charge is 0.494 e. The predicted octanol–water partition coefficient (Wildman–Crippen LogP) is 4.06. The Hall–Kier alpha value is -1.73. The van der Waals surface area contributed by atoms with Crippen LogP contribution in [0.4, 0.5) is 4.79 Å². The van der Waals surface area contributed by atoms with E-state index in [2.05, 4.69) is 5.32 Å². The molecule has 162 valence electrons. The maximum Gasteiger partial charge on any atom is 0.494 e. The summed E-state index contributed by atoms with van der Waals surface area (Å²) in [7, 11) is -0.383. The average molecular weight is 405 g/mol. The van der Waals surface area contributed by atoms with Gasteiger partial charge in [-0.25, -0.2) is 4.79 Å². The summed E-state index contributed by atoms with van der Waals surface area (Å²) in [6.45, 7) is 18.0. The van der Waals surface area contributed by atoms with E-state index in [1.54, 1.807) is 0 Å². The zero-order valence-electron chi connectivity index (χ0n) is 19.3. The summed E-state index contributed by atoms with van der Waals surface area (Å²) in [6, 6.07) is 7.74. The van der Waals surface area contributed by atoms with Crippen LogP contribution in [0.15, 0.2) is 24.3 Å². The van der Waals surface area contributed by atoms with E-state index < -0.39 is 17.2 Å². The van der Waals surface area contributed by atoms with Crippen molar-refractivity contribution < 1.29 is 23.6 Å². The van der Waals surface area contributed by atoms with Gasteiger partial charge in [0.15, 0.2) is 0 Å². The first-order valence-corrected chi connectivity index (χ1v) is 10.2. The van der Waals surface area contributed by atoms with Crippen molar-refractivity contribution in [1.82, 2.24) is 5.32 Å². The fourth-order valence-corrected chi connectivity index (χ4v) is 2.77. The van der Waals surface area contributed by atoms with Crippen LogP contribution < -0.4 is 15.5 Å². The van der Waals surface area contributed by atoms with Crippen LogP contribution in [0.3, 0.4) is 0 Å². The maximum atomic E-state index is 12.0. The van der Waals surface area contributed by atoms with Gasteiger partial charge < -0.3 is 24.1 Å². The fraction of sp³-hybridized carbons (Fsp3) is 0.682. The molecule has 1 saturated heterocycles. The first-order chi connectivity index (χ1) is 13.1. The summed E-state index contributed by atoms with van der Waals surface area (Å²) in [5, 5.41) is 2.89. The fourth-order valence-electron chi connectivity index (χ4n) is 2.77. The summed E-state index contributed by atoms with van der Waals surface area (Å²) < 4.78 is 23.3. The molecule has 0 atom stereocenters. The number of hydrogen-bond donors (Lipinski definition) is 1. The van der Waals surface area contributed by atoms with Crippen molar-refractivity contribution in [3.8, 4) is 5.75 Å². The number of nitrogens with one attached hydrogen (secondary N) is 1. The standard InChI is InChI=1S/C22H36BNO5/c1-19(2,3)27-18(25)24-20(4,5)14-15-26-17-12-10-16(11-13-17)23-28-21(6,7)22(8,9)29-23/h10-13H,14-15H2,1-9H3,(H,24,25). The lowest BCUT2D eigenvalue weighted by molar-refractivity contribution is 0.00578. The van der Waals surface area contributed by atoms with Gasteiger partial charge in [0.1, 0.15) is 11.4 Å². The Morgan fingerprint density at radius 1 is 1.00 bits per heavy atom. The highest BCUT2D eigenvalue weighted by Gasteiger charge is 2.51. The van der Waals surface area contributed by atoms with Gasteiger partial charge in [-0.15, -0.1) is 0 Å². The number of amides is 1. The van der Waals surface area contributed by atoms with Crippen molar-refractivity contribution in [2.75, 3.05) is 6.61 Å². The minimum Gasteiger partial charge on any atom is -0.494 e. The Kier molecular flexibility index (Phi) is 6.65. The molecule has 0 saturated carbocycles. The van der Waals surface area contributed by atoms with Crippen LogP contribution in [0, 0.1) is 0 Å². The van der Waals surface area contributed by atoms with Gasteiger partial charge in [0, 0.05) is 12.0 Å². The minimum atomic E-state index is -0.518. The summed E-state index contributed by atoms with van der Waals surface area (Å²) in [6.07, 6.45) is 0.222. The maximum absolute atomic E-state index is 12.0. The van der Waals surface area contributed by atoms with Gasteiger partial charge in [-0.1, -0.05) is 12.1 Å². The molecule has 1 aromatic rings. The van der Waals surface area contributed by atoms with Crippen LogP contribution in [0.2, 0.25) is 0 Å². The molecule has 0 bridgehead atoms. The van der Waals surface area contributed by atoms with Crippen LogP contribution in [-0.2, 0) is 14.0 Å². The molecule has 0 unspecified atom stereocenters. The van der Waals surface area contributed by atoms with Crippen LogP contribution in [0.1, 0.15) is 68.7 Å². The highest BCUT2D eigenvalue weighted by molar-refractivity contribution is 6.62. The molecule has 2 rings (SSSR count). The zero-order valence-corrected chi connectivity index (χ0v) is 19.3. The Balaban J connectivity index is 1.84. The molecule has 6 nitrogen and oxygen atoms in total. The highest BCUT2D eigenvalue weighted by atomic mass is 16.7. The first kappa shape index (κ1) is 23.6. The van der Waals surface area contributed by atoms with Gasteiger partial charge in [0.25, 0.3) is 0 Å². The van der Waals surface area contributed by atoms with Gasteiger partial charge in [-0.3, -0.25) is 0 Å². The summed E-state index contributed by atoms with van der Waals surface area (Å²) in [5.41, 5.74) is -0.720. The van der Waals surface area contributed by atoms with E-state index in [0.29, 0.717) is 13.0 Å². The van der Waals surface area contributed by atoms with Crippen LogP contribution in [0.5, 0.6) is 5.75 Å². The van der Waals surface area contributed by atoms with Crippen LogP contribution >= 0.6 is 0 Å². The van der Waals surface area contributed by atoms with Crippen molar-refractivity contribution in [2.45, 2.75) is 91.1 Å². The monoisotopic (exact) mass is 405 g/mol. The van der Waals surface area contributed by atoms with E-state index in [-0.39, 0.29) is 18.3 Å². The SMILES string of the molecule is CC(C)(CCOc1ccc(B2OC(C)(C)C(C)(C)O2)cc1)NC(=O)OC(C)(C)C. The lowest BCUT2D eigenvalue weighted by atomic mass is 9.79. The lowest BCUT2D eigenvalue weighted by Gasteiger charge is -2.32. The average Bonchev–Trinajstić information content (AvgIpc) is 2.73. The topological polar surface area (TPSA) is 66.0 Å². The second kappa shape index (κ2) is 8.19. The summed E-state index contributed by atoms with van der Waals surface area (Å²) in [5.74, 6) is 0.762. The van der Waals surface area contributed by atoms with Gasteiger partial charge in [0.2, 0.25) is 0 Å². The Morgan fingerprint density at radius 2 is 1.52 bits per heavy atom. The Bertz CT molecular complexity index is 691. The van der Waals surface area contributed by atoms with Gasteiger partial charge in [-0.05, 0) is 79.9 Å². The molecule has 0 aliphatic carbocycles. The normalized spacial score (nSPS) is 18.4. The first-order valence-electron chi connectivity index (χ1n) is 10.2. The lowest BCUT2D eigenvalue weighted by Crippen LogP contribution is -2.46. The molecule has 1 amide bonds. The molecular weight excluding hydrogens is 369 g/mol. The molecule has 29 heavy (non-hydrogen) atoms. The molecule has 1 heterocycles. The number of alkyl carbamates (subject to hydrolysis) is 1. The third kappa shape index (κ3) is 6.64. The molecule has 1 aliphatic heterocycles. The Morgan fingerprint density at radius 3 is 2.00 bits per heavy atom. The number of carbonyl (C=O) groups excluding carboxylic acids is 1. The molecule has 0 spiro atoms. The second-order valence-electron chi connectivity index (χ2n) is 10.3. The Labute approximate surface area is 175 Å². The van der Waals surface area contributed by atoms with E-state index in [1.165, 1.54) is 0 Å². The second-order valence-corrected chi connectivity index (χ2v) is 10.3. The molecule has 1 N–H and O–H groups in total. The zero-order chi connectivity index (χ0) is 22.1. The highest BCUT2D eigenvalue weighted by Crippen LogP contribution is 2.36. The quantitative estimate of drug-likeness (QED) is 0.724. The van der Waals surface area contributed by atoms with E-state index in [1.807, 2.05) is 86.6 Å². The van der Waals surface area contributed by atoms with Crippen molar-refractivity contribution in [2.24, 2.45) is 0 Å². The van der Waals surface area contributed by atoms with E-state index in [9.17, 15) is 4.79 Å². The van der Waals surface area contributed by atoms with Crippen molar-refractivity contribution >= 4 is 18.7 Å². The van der Waals surface area contributed by atoms with Crippen LogP contribution in [0.25, 0.3) is 0 Å². The number of benzene rings is 1. The van der Waals surface area contributed by atoms with Crippen molar-refractivity contribution in [3.63, 3.8) is 0 Å². The van der Waals surface area contributed by atoms with Gasteiger partial charge in [-0.2, -0.15) is 0 Å². The van der Waals surface area contributed by atoms with Crippen molar-refractivity contribution in [1.29, 1.82) is 0 Å². The minimum absolute atomic E-state index is 0.362. The molecule has 0 aromatic heterocycles. The number of rotatable bonds is 6. The van der Waals surface area contributed by atoms with Gasteiger partial charge in [0.05, 0.1) is 17.8 Å². The number of ether oxygens (including phenoxy) is 2. The predicted molar refractivity (Wildman–Crippen MR) is 116 cm³/mol.